The van der Waals surface area contributed by atoms with Gasteiger partial charge >= 0.3 is 0 Å². The Hall–Kier alpha value is -0.820. The maximum absolute atomic E-state index is 3.92. The van der Waals surface area contributed by atoms with E-state index in [9.17, 15) is 0 Å². The second kappa shape index (κ2) is 6.76. The first-order chi connectivity index (χ1) is 9.47. The summed E-state index contributed by atoms with van der Waals surface area (Å²) in [5.74, 6) is 2.48. The molecule has 0 spiro atoms. The number of benzene rings is 1. The van der Waals surface area contributed by atoms with Crippen molar-refractivity contribution >= 4 is 0 Å². The van der Waals surface area contributed by atoms with E-state index in [1.165, 1.54) is 30.4 Å². The fraction of sp³-hybridized carbons (Fsp3) is 0.684. The van der Waals surface area contributed by atoms with Gasteiger partial charge in [-0.1, -0.05) is 57.0 Å². The molecule has 1 nitrogen and oxygen atoms in total. The molecule has 1 aliphatic rings. The lowest BCUT2D eigenvalue weighted by atomic mass is 9.73. The van der Waals surface area contributed by atoms with Crippen LogP contribution in [0.15, 0.2) is 24.3 Å². The van der Waals surface area contributed by atoms with Gasteiger partial charge in [0, 0.05) is 12.1 Å². The molecule has 0 saturated heterocycles. The zero-order valence-corrected chi connectivity index (χ0v) is 13.8. The van der Waals surface area contributed by atoms with E-state index in [1.54, 1.807) is 0 Å². The Morgan fingerprint density at radius 1 is 1.05 bits per heavy atom. The molecule has 1 aromatic carbocycles. The molecule has 0 amide bonds. The van der Waals surface area contributed by atoms with E-state index in [1.807, 2.05) is 0 Å². The first-order valence-electron chi connectivity index (χ1n) is 8.30. The van der Waals surface area contributed by atoms with E-state index in [-0.39, 0.29) is 0 Å². The normalized spacial score (nSPS) is 28.6. The van der Waals surface area contributed by atoms with Crippen molar-refractivity contribution < 1.29 is 0 Å². The second-order valence-corrected chi connectivity index (χ2v) is 7.23. The van der Waals surface area contributed by atoms with E-state index in [2.05, 4.69) is 64.2 Å². The molecule has 0 aromatic heterocycles. The summed E-state index contributed by atoms with van der Waals surface area (Å²) in [6.07, 6.45) is 4.12. The minimum Gasteiger partial charge on any atom is -0.307 e. The maximum Gasteiger partial charge on any atom is 0.0294 e. The topological polar surface area (TPSA) is 12.0 Å². The maximum atomic E-state index is 3.92. The molecule has 0 bridgehead atoms. The Kier molecular flexibility index (Phi) is 5.26. The minimum absolute atomic E-state index is 0.451. The van der Waals surface area contributed by atoms with E-state index in [4.69, 9.17) is 0 Å². The molecule has 1 aliphatic carbocycles. The fourth-order valence-electron chi connectivity index (χ4n) is 3.67. The van der Waals surface area contributed by atoms with Crippen LogP contribution in [0.5, 0.6) is 0 Å². The van der Waals surface area contributed by atoms with Crippen molar-refractivity contribution in [3.63, 3.8) is 0 Å². The summed E-state index contributed by atoms with van der Waals surface area (Å²) in [5.41, 5.74) is 2.75. The summed E-state index contributed by atoms with van der Waals surface area (Å²) < 4.78 is 0. The lowest BCUT2D eigenvalue weighted by Crippen LogP contribution is -2.43. The van der Waals surface area contributed by atoms with Gasteiger partial charge in [-0.2, -0.15) is 0 Å². The van der Waals surface area contributed by atoms with Crippen LogP contribution < -0.4 is 5.32 Å². The van der Waals surface area contributed by atoms with Crippen molar-refractivity contribution in [3.8, 4) is 0 Å². The molecule has 3 unspecified atom stereocenters. The Labute approximate surface area is 125 Å². The quantitative estimate of drug-likeness (QED) is 0.804. The minimum atomic E-state index is 0.451. The number of hydrogen-bond donors (Lipinski definition) is 1. The molecule has 1 saturated carbocycles. The van der Waals surface area contributed by atoms with Crippen LogP contribution in [0.1, 0.15) is 64.1 Å². The predicted octanol–water partition coefficient (Wildman–Crippen LogP) is 5.11. The van der Waals surface area contributed by atoms with Crippen molar-refractivity contribution in [1.82, 2.24) is 5.32 Å². The van der Waals surface area contributed by atoms with Crippen LogP contribution in [0.25, 0.3) is 0 Å². The molecule has 1 aromatic rings. The van der Waals surface area contributed by atoms with Crippen LogP contribution in [-0.2, 0) is 0 Å². The molecule has 112 valence electrons. The number of rotatable bonds is 4. The average Bonchev–Trinajstić information content (AvgIpc) is 2.39. The van der Waals surface area contributed by atoms with Crippen LogP contribution >= 0.6 is 0 Å². The molecule has 1 heteroatoms. The first-order valence-corrected chi connectivity index (χ1v) is 8.30. The van der Waals surface area contributed by atoms with Crippen LogP contribution in [0.3, 0.4) is 0 Å². The Morgan fingerprint density at radius 3 is 2.30 bits per heavy atom. The average molecular weight is 273 g/mol. The highest BCUT2D eigenvalue weighted by Gasteiger charge is 2.31. The van der Waals surface area contributed by atoms with Crippen LogP contribution in [0.4, 0.5) is 0 Å². The lowest BCUT2D eigenvalue weighted by molar-refractivity contribution is 0.161. The Bertz CT molecular complexity index is 406. The monoisotopic (exact) mass is 273 g/mol. The summed E-state index contributed by atoms with van der Waals surface area (Å²) >= 11 is 0. The highest BCUT2D eigenvalue weighted by atomic mass is 15.0. The highest BCUT2D eigenvalue weighted by molar-refractivity contribution is 5.23. The molecular formula is C19H31N. The third kappa shape index (κ3) is 3.85. The van der Waals surface area contributed by atoms with Gasteiger partial charge < -0.3 is 5.32 Å². The third-order valence-electron chi connectivity index (χ3n) is 5.06. The molecule has 0 heterocycles. The van der Waals surface area contributed by atoms with Crippen molar-refractivity contribution in [3.05, 3.63) is 35.4 Å². The zero-order valence-electron chi connectivity index (χ0n) is 13.8. The van der Waals surface area contributed by atoms with Crippen molar-refractivity contribution in [2.45, 2.75) is 66.0 Å². The molecule has 1 fully saturated rings. The van der Waals surface area contributed by atoms with Gasteiger partial charge in [-0.25, -0.2) is 0 Å². The van der Waals surface area contributed by atoms with Crippen molar-refractivity contribution in [1.29, 1.82) is 0 Å². The summed E-state index contributed by atoms with van der Waals surface area (Å²) in [6, 6.07) is 10.1. The van der Waals surface area contributed by atoms with E-state index >= 15 is 0 Å². The highest BCUT2D eigenvalue weighted by Crippen LogP contribution is 2.34. The van der Waals surface area contributed by atoms with Gasteiger partial charge in [-0.15, -0.1) is 0 Å². The van der Waals surface area contributed by atoms with E-state index < -0.39 is 0 Å². The third-order valence-corrected chi connectivity index (χ3v) is 5.06. The van der Waals surface area contributed by atoms with Gasteiger partial charge in [0.2, 0.25) is 0 Å². The van der Waals surface area contributed by atoms with Gasteiger partial charge in [-0.05, 0) is 50.0 Å². The summed E-state index contributed by atoms with van der Waals surface area (Å²) in [6.45, 7) is 11.6. The van der Waals surface area contributed by atoms with Gasteiger partial charge in [0.15, 0.2) is 0 Å². The smallest absolute Gasteiger partial charge is 0.0294 e. The van der Waals surface area contributed by atoms with E-state index in [0.29, 0.717) is 12.1 Å². The van der Waals surface area contributed by atoms with Crippen LogP contribution in [0, 0.1) is 24.7 Å². The molecule has 4 atom stereocenters. The van der Waals surface area contributed by atoms with Gasteiger partial charge in [0.05, 0.1) is 0 Å². The SMILES string of the molecule is Cc1ccc([C@@H](C)NC2CC(C)CCC2C(C)C)cc1. The number of hydrogen-bond acceptors (Lipinski definition) is 1. The predicted molar refractivity (Wildman–Crippen MR) is 87.9 cm³/mol. The molecule has 2 rings (SSSR count). The van der Waals surface area contributed by atoms with E-state index in [0.717, 1.165) is 17.8 Å². The van der Waals surface area contributed by atoms with Crippen molar-refractivity contribution in [2.24, 2.45) is 17.8 Å². The van der Waals surface area contributed by atoms with Gasteiger partial charge in [0.1, 0.15) is 0 Å². The molecule has 1 N–H and O–H groups in total. The first kappa shape index (κ1) is 15.6. The summed E-state index contributed by atoms with van der Waals surface area (Å²) in [7, 11) is 0. The molecule has 0 aliphatic heterocycles. The summed E-state index contributed by atoms with van der Waals surface area (Å²) in [4.78, 5) is 0. The molecular weight excluding hydrogens is 242 g/mol. The largest absolute Gasteiger partial charge is 0.307 e. The van der Waals surface area contributed by atoms with Gasteiger partial charge in [0.25, 0.3) is 0 Å². The number of nitrogens with one attached hydrogen (secondary N) is 1. The molecule has 20 heavy (non-hydrogen) atoms. The van der Waals surface area contributed by atoms with Crippen LogP contribution in [-0.4, -0.2) is 6.04 Å². The standard InChI is InChI=1S/C19H31N/c1-13(2)18-11-8-15(4)12-19(18)20-16(5)17-9-6-14(3)7-10-17/h6-7,9-10,13,15-16,18-20H,8,11-12H2,1-5H3/t15?,16-,18?,19?/m1/s1. The number of aryl methyl sites for hydroxylation is 1. The molecule has 0 radical (unpaired) electrons. The van der Waals surface area contributed by atoms with Gasteiger partial charge in [-0.3, -0.25) is 0 Å². The lowest BCUT2D eigenvalue weighted by Gasteiger charge is -2.39. The Morgan fingerprint density at radius 2 is 1.70 bits per heavy atom. The summed E-state index contributed by atoms with van der Waals surface area (Å²) in [5, 5.41) is 3.92. The zero-order chi connectivity index (χ0) is 14.7. The second-order valence-electron chi connectivity index (χ2n) is 7.23. The van der Waals surface area contributed by atoms with Crippen LogP contribution in [0.2, 0.25) is 0 Å². The Balaban J connectivity index is 2.03. The van der Waals surface area contributed by atoms with Crippen molar-refractivity contribution in [2.75, 3.05) is 0 Å². The fourth-order valence-corrected chi connectivity index (χ4v) is 3.67.